The molecule has 0 radical (unpaired) electrons. The van der Waals surface area contributed by atoms with Crippen LogP contribution in [0.25, 0.3) is 33.4 Å². The van der Waals surface area contributed by atoms with E-state index in [2.05, 4.69) is 164 Å². The molecule has 0 unspecified atom stereocenters. The van der Waals surface area contributed by atoms with Crippen molar-refractivity contribution in [2.75, 3.05) is 9.80 Å². The summed E-state index contributed by atoms with van der Waals surface area (Å²) in [5.41, 5.74) is 22.2. The number of anilines is 6. The molecule has 58 heavy (non-hydrogen) atoms. The second kappa shape index (κ2) is 13.9. The van der Waals surface area contributed by atoms with Crippen molar-refractivity contribution in [3.63, 3.8) is 0 Å². The van der Waals surface area contributed by atoms with Crippen LogP contribution in [0, 0.1) is 43.4 Å². The monoisotopic (exact) mass is 740 g/mol. The molecule has 0 fully saturated rings. The second-order valence-corrected chi connectivity index (χ2v) is 15.4. The lowest BCUT2D eigenvalue weighted by Crippen LogP contribution is -2.61. The summed E-state index contributed by atoms with van der Waals surface area (Å²) >= 11 is 0. The Bertz CT molecular complexity index is 2800. The summed E-state index contributed by atoms with van der Waals surface area (Å²) in [5, 5.41) is 19.2. The minimum absolute atomic E-state index is 0.110. The number of aryl methyl sites for hydroxylation is 3. The lowest BCUT2D eigenvalue weighted by atomic mass is 9.33. The molecule has 272 valence electrons. The molecular weight excluding hydrogens is 703 g/mol. The van der Waals surface area contributed by atoms with Crippen LogP contribution in [0.15, 0.2) is 170 Å². The van der Waals surface area contributed by atoms with Crippen molar-refractivity contribution >= 4 is 57.2 Å². The number of hydrogen-bond acceptors (Lipinski definition) is 4. The van der Waals surface area contributed by atoms with Crippen molar-refractivity contribution < 1.29 is 0 Å². The third kappa shape index (κ3) is 5.68. The molecule has 2 aliphatic rings. The van der Waals surface area contributed by atoms with Crippen molar-refractivity contribution in [2.24, 2.45) is 0 Å². The van der Waals surface area contributed by atoms with Crippen LogP contribution >= 0.6 is 0 Å². The van der Waals surface area contributed by atoms with Crippen LogP contribution in [0.3, 0.4) is 0 Å². The molecule has 2 aliphatic heterocycles. The Morgan fingerprint density at radius 1 is 0.414 bits per heavy atom. The molecule has 0 atom stereocenters. The van der Waals surface area contributed by atoms with Gasteiger partial charge in [-0.05, 0) is 154 Å². The molecule has 5 heteroatoms. The van der Waals surface area contributed by atoms with Crippen molar-refractivity contribution in [1.29, 1.82) is 10.5 Å². The lowest BCUT2D eigenvalue weighted by Gasteiger charge is -2.44. The highest BCUT2D eigenvalue weighted by Crippen LogP contribution is 2.47. The second-order valence-electron chi connectivity index (χ2n) is 15.4. The van der Waals surface area contributed by atoms with Gasteiger partial charge in [-0.15, -0.1) is 0 Å². The maximum absolute atomic E-state index is 9.58. The molecule has 0 amide bonds. The fraction of sp³-hybridized carbons (Fsp3) is 0.0566. The van der Waals surface area contributed by atoms with E-state index in [1.165, 1.54) is 44.2 Å². The number of nitriles is 2. The largest absolute Gasteiger partial charge is 0.311 e. The van der Waals surface area contributed by atoms with Gasteiger partial charge in [0.2, 0.25) is 0 Å². The highest BCUT2D eigenvalue weighted by molar-refractivity contribution is 7.00. The minimum atomic E-state index is -0.110. The topological polar surface area (TPSA) is 54.1 Å². The maximum atomic E-state index is 9.58. The fourth-order valence-electron chi connectivity index (χ4n) is 9.33. The van der Waals surface area contributed by atoms with Gasteiger partial charge in [0.25, 0.3) is 6.71 Å². The Balaban J connectivity index is 1.32. The number of benzene rings is 8. The zero-order valence-electron chi connectivity index (χ0n) is 32.5. The molecule has 8 aromatic rings. The quantitative estimate of drug-likeness (QED) is 0.165. The van der Waals surface area contributed by atoms with Crippen LogP contribution in [0.1, 0.15) is 27.8 Å². The SMILES string of the molecule is Cc1cc(C)c(-c2cc3c4c(c2)N(c2ccccc2)c2ccc(-c5ccc(C#N)cc5)cc2B4c2cc(-c4ccc(C#N)cc4)ccc2N3c2ccccc2)c(C)c1. The number of para-hydroxylation sites is 2. The summed E-state index contributed by atoms with van der Waals surface area (Å²) in [5.74, 6) is 0. The standard InChI is InChI=1S/C53H37BN4/c1-34-26-35(2)52(36(3)27-34)43-30-50-53-51(31-43)58(45-12-8-5-9-13-45)49-25-23-42(40-20-16-38(33-56)17-21-40)29-47(49)54(53)46-28-41(39-18-14-37(32-55)15-19-39)22-24-48(46)57(50)44-10-6-4-7-11-44/h4-31H,1-3H3. The lowest BCUT2D eigenvalue weighted by molar-refractivity contribution is 1.25. The normalized spacial score (nSPS) is 12.3. The van der Waals surface area contributed by atoms with Crippen molar-refractivity contribution in [3.05, 3.63) is 198 Å². The van der Waals surface area contributed by atoms with Gasteiger partial charge < -0.3 is 9.80 Å². The van der Waals surface area contributed by atoms with Crippen LogP contribution in [-0.2, 0) is 0 Å². The summed E-state index contributed by atoms with van der Waals surface area (Å²) in [6, 6.07) is 64.9. The first-order valence-corrected chi connectivity index (χ1v) is 19.7. The van der Waals surface area contributed by atoms with Crippen molar-refractivity contribution in [3.8, 4) is 45.5 Å². The molecule has 2 heterocycles. The molecule has 10 rings (SSSR count). The molecule has 0 bridgehead atoms. The smallest absolute Gasteiger partial charge is 0.252 e. The predicted molar refractivity (Wildman–Crippen MR) is 240 cm³/mol. The van der Waals surface area contributed by atoms with Gasteiger partial charge in [0, 0.05) is 34.1 Å². The van der Waals surface area contributed by atoms with Crippen LogP contribution in [0.2, 0.25) is 0 Å². The van der Waals surface area contributed by atoms with E-state index in [-0.39, 0.29) is 6.71 Å². The third-order valence-electron chi connectivity index (χ3n) is 11.8. The first kappa shape index (κ1) is 34.9. The highest BCUT2D eigenvalue weighted by atomic mass is 15.2. The molecule has 0 N–H and O–H groups in total. The van der Waals surface area contributed by atoms with Gasteiger partial charge in [0.15, 0.2) is 0 Å². The summed E-state index contributed by atoms with van der Waals surface area (Å²) < 4.78 is 0. The molecule has 8 aromatic carbocycles. The first-order valence-electron chi connectivity index (χ1n) is 19.7. The molecule has 4 nitrogen and oxygen atoms in total. The van der Waals surface area contributed by atoms with Gasteiger partial charge >= 0.3 is 0 Å². The summed E-state index contributed by atoms with van der Waals surface area (Å²) in [6.07, 6.45) is 0. The fourth-order valence-corrected chi connectivity index (χ4v) is 9.33. The van der Waals surface area contributed by atoms with E-state index in [1.807, 2.05) is 48.5 Å². The first-order chi connectivity index (χ1) is 28.4. The Hall–Kier alpha value is -7.60. The summed E-state index contributed by atoms with van der Waals surface area (Å²) in [7, 11) is 0. The number of rotatable bonds is 5. The van der Waals surface area contributed by atoms with E-state index >= 15 is 0 Å². The van der Waals surface area contributed by atoms with Gasteiger partial charge in [0.05, 0.1) is 23.3 Å². The van der Waals surface area contributed by atoms with E-state index in [9.17, 15) is 10.5 Å². The Morgan fingerprint density at radius 3 is 1.24 bits per heavy atom. The van der Waals surface area contributed by atoms with E-state index in [0.29, 0.717) is 11.1 Å². The molecule has 0 saturated carbocycles. The number of hydrogen-bond donors (Lipinski definition) is 0. The van der Waals surface area contributed by atoms with Gasteiger partial charge in [-0.2, -0.15) is 10.5 Å². The van der Waals surface area contributed by atoms with Gasteiger partial charge in [-0.25, -0.2) is 0 Å². The summed E-state index contributed by atoms with van der Waals surface area (Å²) in [6.45, 7) is 6.52. The Labute approximate surface area is 340 Å². The zero-order valence-corrected chi connectivity index (χ0v) is 32.5. The highest BCUT2D eigenvalue weighted by Gasteiger charge is 2.44. The molecular formula is C53H37BN4. The van der Waals surface area contributed by atoms with Crippen LogP contribution < -0.4 is 26.2 Å². The average molecular weight is 741 g/mol. The van der Waals surface area contributed by atoms with E-state index < -0.39 is 0 Å². The van der Waals surface area contributed by atoms with Crippen molar-refractivity contribution in [2.45, 2.75) is 20.8 Å². The van der Waals surface area contributed by atoms with Crippen LogP contribution in [-0.4, -0.2) is 6.71 Å². The molecule has 0 aromatic heterocycles. The summed E-state index contributed by atoms with van der Waals surface area (Å²) in [4.78, 5) is 4.91. The van der Waals surface area contributed by atoms with Crippen molar-refractivity contribution in [1.82, 2.24) is 0 Å². The van der Waals surface area contributed by atoms with Crippen LogP contribution in [0.5, 0.6) is 0 Å². The molecule has 0 aliphatic carbocycles. The van der Waals surface area contributed by atoms with E-state index in [4.69, 9.17) is 0 Å². The van der Waals surface area contributed by atoms with E-state index in [1.54, 1.807) is 0 Å². The Morgan fingerprint density at radius 2 is 0.828 bits per heavy atom. The predicted octanol–water partition coefficient (Wildman–Crippen LogP) is 11.4. The average Bonchev–Trinajstić information content (AvgIpc) is 3.26. The van der Waals surface area contributed by atoms with Gasteiger partial charge in [0.1, 0.15) is 0 Å². The maximum Gasteiger partial charge on any atom is 0.252 e. The molecule has 0 spiro atoms. The minimum Gasteiger partial charge on any atom is -0.311 e. The number of nitrogens with zero attached hydrogens (tertiary/aromatic N) is 4. The van der Waals surface area contributed by atoms with Gasteiger partial charge in [-0.3, -0.25) is 0 Å². The molecule has 0 saturated heterocycles. The van der Waals surface area contributed by atoms with Gasteiger partial charge in [-0.1, -0.05) is 103 Å². The number of fused-ring (bicyclic) bond motifs is 4. The zero-order chi connectivity index (χ0) is 39.5. The Kier molecular flexibility index (Phi) is 8.33. The van der Waals surface area contributed by atoms with Crippen LogP contribution in [0.4, 0.5) is 34.1 Å². The van der Waals surface area contributed by atoms with E-state index in [0.717, 1.165) is 56.4 Å². The third-order valence-corrected chi connectivity index (χ3v) is 11.8.